The average Bonchev–Trinajstić information content (AvgIpc) is 2.55. The van der Waals surface area contributed by atoms with Crippen LogP contribution in [-0.4, -0.2) is 23.2 Å². The fourth-order valence-corrected chi connectivity index (χ4v) is 3.05. The number of halogens is 2. The zero-order valence-electron chi connectivity index (χ0n) is 14.4. The topological polar surface area (TPSA) is 70.6 Å². The molecule has 0 unspecified atom stereocenters. The molecule has 0 aliphatic rings. The first kappa shape index (κ1) is 20.3. The lowest BCUT2D eigenvalue weighted by molar-refractivity contribution is 0.0974. The van der Waals surface area contributed by atoms with E-state index >= 15 is 0 Å². The van der Waals surface area contributed by atoms with Gasteiger partial charge < -0.3 is 15.2 Å². The molecule has 0 aliphatic carbocycles. The molecule has 138 valence electrons. The summed E-state index contributed by atoms with van der Waals surface area (Å²) in [6.07, 6.45) is 0. The van der Waals surface area contributed by atoms with E-state index in [0.29, 0.717) is 10.7 Å². The lowest BCUT2D eigenvalue weighted by Crippen LogP contribution is -2.34. The van der Waals surface area contributed by atoms with Gasteiger partial charge in [-0.25, -0.2) is 0 Å². The molecular formula is C18H18Cl2N2O3S. The van der Waals surface area contributed by atoms with E-state index in [1.165, 1.54) is 19.2 Å². The van der Waals surface area contributed by atoms with Gasteiger partial charge in [-0.1, -0.05) is 43.1 Å². The highest BCUT2D eigenvalue weighted by Crippen LogP contribution is 2.32. The van der Waals surface area contributed by atoms with Gasteiger partial charge in [0, 0.05) is 5.02 Å². The van der Waals surface area contributed by atoms with Gasteiger partial charge in [0.05, 0.1) is 23.4 Å². The summed E-state index contributed by atoms with van der Waals surface area (Å²) < 4.78 is 5.16. The van der Waals surface area contributed by atoms with Crippen molar-refractivity contribution in [3.63, 3.8) is 0 Å². The lowest BCUT2D eigenvalue weighted by atomic mass is 10.0. The molecule has 0 radical (unpaired) electrons. The Bertz CT molecular complexity index is 857. The van der Waals surface area contributed by atoms with E-state index in [1.54, 1.807) is 12.1 Å². The van der Waals surface area contributed by atoms with Crippen molar-refractivity contribution in [2.24, 2.45) is 0 Å². The molecule has 2 aromatic rings. The molecule has 0 aliphatic heterocycles. The Morgan fingerprint density at radius 1 is 1.23 bits per heavy atom. The zero-order chi connectivity index (χ0) is 19.4. The third-order valence-electron chi connectivity index (χ3n) is 3.62. The van der Waals surface area contributed by atoms with Crippen LogP contribution in [0.15, 0.2) is 30.3 Å². The van der Waals surface area contributed by atoms with E-state index < -0.39 is 5.91 Å². The second kappa shape index (κ2) is 8.58. The Balaban J connectivity index is 2.19. The van der Waals surface area contributed by atoms with Crippen LogP contribution >= 0.6 is 35.4 Å². The number of methoxy groups -OCH3 is 1. The van der Waals surface area contributed by atoms with Crippen LogP contribution in [0.3, 0.4) is 0 Å². The smallest absolute Gasteiger partial charge is 0.261 e. The van der Waals surface area contributed by atoms with Crippen molar-refractivity contribution in [1.82, 2.24) is 5.32 Å². The molecule has 2 rings (SSSR count). The van der Waals surface area contributed by atoms with Crippen molar-refractivity contribution in [1.29, 1.82) is 0 Å². The molecule has 0 heterocycles. The minimum atomic E-state index is -0.539. The first-order valence-corrected chi connectivity index (χ1v) is 8.87. The number of hydrogen-bond acceptors (Lipinski definition) is 4. The van der Waals surface area contributed by atoms with Crippen LogP contribution in [-0.2, 0) is 0 Å². The van der Waals surface area contributed by atoms with Crippen molar-refractivity contribution in [2.45, 2.75) is 19.8 Å². The average molecular weight is 413 g/mol. The van der Waals surface area contributed by atoms with Crippen molar-refractivity contribution in [2.75, 3.05) is 12.4 Å². The number of aromatic hydroxyl groups is 1. The van der Waals surface area contributed by atoms with Gasteiger partial charge in [0.15, 0.2) is 5.11 Å². The molecule has 0 bridgehead atoms. The summed E-state index contributed by atoms with van der Waals surface area (Å²) in [5, 5.41) is 15.8. The third-order valence-corrected chi connectivity index (χ3v) is 4.32. The maximum absolute atomic E-state index is 12.5. The van der Waals surface area contributed by atoms with Gasteiger partial charge in [0.25, 0.3) is 5.91 Å². The summed E-state index contributed by atoms with van der Waals surface area (Å²) in [5.74, 6) is -0.0455. The number of carbonyl (C=O) groups excluding carboxylic acids is 1. The second-order valence-corrected chi connectivity index (χ2v) is 7.06. The first-order chi connectivity index (χ1) is 12.2. The van der Waals surface area contributed by atoms with Gasteiger partial charge in [-0.15, -0.1) is 0 Å². The minimum absolute atomic E-state index is 0.0179. The zero-order valence-corrected chi connectivity index (χ0v) is 16.7. The Kier molecular flexibility index (Phi) is 6.69. The molecule has 1 amide bonds. The molecule has 0 saturated heterocycles. The Morgan fingerprint density at radius 3 is 2.54 bits per heavy atom. The summed E-state index contributed by atoms with van der Waals surface area (Å²) in [4.78, 5) is 12.5. The standard InChI is InChI=1S/C18H18Cl2N2O3S/c1-9(2)10-4-5-15(23)14(6-10)21-18(26)22-17(24)12-7-11(19)8-13(20)16(12)25-3/h4-9,23H,1-3H3,(H2,21,22,24,26). The molecule has 0 atom stereocenters. The Labute approximate surface area is 167 Å². The van der Waals surface area contributed by atoms with Crippen LogP contribution < -0.4 is 15.4 Å². The molecule has 8 heteroatoms. The van der Waals surface area contributed by atoms with Gasteiger partial charge in [0.1, 0.15) is 11.5 Å². The van der Waals surface area contributed by atoms with Crippen LogP contribution in [0, 0.1) is 0 Å². The predicted molar refractivity (Wildman–Crippen MR) is 109 cm³/mol. The summed E-state index contributed by atoms with van der Waals surface area (Å²) in [5.41, 5.74) is 1.56. The SMILES string of the molecule is COc1c(Cl)cc(Cl)cc1C(=O)NC(=S)Nc1cc(C(C)C)ccc1O. The maximum atomic E-state index is 12.5. The van der Waals surface area contributed by atoms with E-state index in [2.05, 4.69) is 10.6 Å². The molecule has 2 aromatic carbocycles. The number of hydrogen-bond donors (Lipinski definition) is 3. The highest BCUT2D eigenvalue weighted by molar-refractivity contribution is 7.80. The van der Waals surface area contributed by atoms with Crippen LogP contribution in [0.5, 0.6) is 11.5 Å². The number of thiocarbonyl (C=S) groups is 1. The second-order valence-electron chi connectivity index (χ2n) is 5.81. The van der Waals surface area contributed by atoms with Crippen molar-refractivity contribution in [3.8, 4) is 11.5 Å². The fourth-order valence-electron chi connectivity index (χ4n) is 2.27. The fraction of sp³-hybridized carbons (Fsp3) is 0.222. The molecular weight excluding hydrogens is 395 g/mol. The number of rotatable bonds is 4. The van der Waals surface area contributed by atoms with E-state index in [0.717, 1.165) is 5.56 Å². The van der Waals surface area contributed by atoms with E-state index in [4.69, 9.17) is 40.2 Å². The summed E-state index contributed by atoms with van der Waals surface area (Å²) in [7, 11) is 1.40. The number of carbonyl (C=O) groups is 1. The van der Waals surface area contributed by atoms with Crippen LogP contribution in [0.25, 0.3) is 0 Å². The first-order valence-electron chi connectivity index (χ1n) is 7.71. The number of nitrogens with one attached hydrogen (secondary N) is 2. The number of amides is 1. The number of anilines is 1. The normalized spacial score (nSPS) is 10.5. The molecule has 0 fully saturated rings. The van der Waals surface area contributed by atoms with E-state index in [-0.39, 0.29) is 33.1 Å². The largest absolute Gasteiger partial charge is 0.506 e. The van der Waals surface area contributed by atoms with Crippen LogP contribution in [0.4, 0.5) is 5.69 Å². The maximum Gasteiger partial charge on any atom is 0.261 e. The van der Waals surface area contributed by atoms with Gasteiger partial charge in [0.2, 0.25) is 0 Å². The predicted octanol–water partition coefficient (Wildman–Crippen LogP) is 4.96. The van der Waals surface area contributed by atoms with Crippen molar-refractivity contribution < 1.29 is 14.6 Å². The number of phenols is 1. The molecule has 0 spiro atoms. The molecule has 5 nitrogen and oxygen atoms in total. The van der Waals surface area contributed by atoms with Crippen LogP contribution in [0.2, 0.25) is 10.0 Å². The van der Waals surface area contributed by atoms with Gasteiger partial charge in [-0.05, 0) is 48.0 Å². The number of phenolic OH excluding ortho intramolecular Hbond substituents is 1. The monoisotopic (exact) mass is 412 g/mol. The highest BCUT2D eigenvalue weighted by atomic mass is 35.5. The Hall–Kier alpha value is -2.02. The molecule has 26 heavy (non-hydrogen) atoms. The number of benzene rings is 2. The summed E-state index contributed by atoms with van der Waals surface area (Å²) in [6, 6.07) is 8.08. The molecule has 0 aromatic heterocycles. The molecule has 3 N–H and O–H groups in total. The highest BCUT2D eigenvalue weighted by Gasteiger charge is 2.18. The third kappa shape index (κ3) is 4.78. The van der Waals surface area contributed by atoms with Gasteiger partial charge >= 0.3 is 0 Å². The van der Waals surface area contributed by atoms with E-state index in [1.807, 2.05) is 19.9 Å². The van der Waals surface area contributed by atoms with Crippen molar-refractivity contribution in [3.05, 3.63) is 51.5 Å². The van der Waals surface area contributed by atoms with Gasteiger partial charge in [-0.2, -0.15) is 0 Å². The Morgan fingerprint density at radius 2 is 1.92 bits per heavy atom. The van der Waals surface area contributed by atoms with Gasteiger partial charge in [-0.3, -0.25) is 10.1 Å². The summed E-state index contributed by atoms with van der Waals surface area (Å²) >= 11 is 17.2. The quantitative estimate of drug-likeness (QED) is 0.488. The van der Waals surface area contributed by atoms with Crippen molar-refractivity contribution >= 4 is 52.1 Å². The molecule has 0 saturated carbocycles. The summed E-state index contributed by atoms with van der Waals surface area (Å²) in [6.45, 7) is 4.07. The van der Waals surface area contributed by atoms with E-state index in [9.17, 15) is 9.90 Å². The number of ether oxygens (including phenoxy) is 1. The lowest BCUT2D eigenvalue weighted by Gasteiger charge is -2.15. The minimum Gasteiger partial charge on any atom is -0.506 e. The van der Waals surface area contributed by atoms with Crippen LogP contribution in [0.1, 0.15) is 35.7 Å².